The molecule has 2 aromatic rings. The Morgan fingerprint density at radius 1 is 1.40 bits per heavy atom. The fourth-order valence-electron chi connectivity index (χ4n) is 1.95. The molecule has 2 N–H and O–H groups in total. The standard InChI is InChI=1S/C14H18N2O4/c1-2-3-6-16(7-8-17)14-15-11-5-4-10(13(18)19)9-12(11)20-14/h4-5,9,17H,2-3,6-8H2,1H3,(H,18,19). The van der Waals surface area contributed by atoms with E-state index < -0.39 is 5.97 Å². The summed E-state index contributed by atoms with van der Waals surface area (Å²) in [6, 6.07) is 5.01. The molecular formula is C14H18N2O4. The number of unbranched alkanes of at least 4 members (excludes halogenated alkanes) is 1. The molecule has 20 heavy (non-hydrogen) atoms. The van der Waals surface area contributed by atoms with Crippen molar-refractivity contribution in [3.05, 3.63) is 23.8 Å². The number of carboxylic acid groups (broad SMARTS) is 1. The maximum absolute atomic E-state index is 10.9. The number of aliphatic hydroxyl groups excluding tert-OH is 1. The Balaban J connectivity index is 2.30. The van der Waals surface area contributed by atoms with E-state index in [1.165, 1.54) is 12.1 Å². The Bertz CT molecular complexity index is 594. The molecule has 2 rings (SSSR count). The zero-order chi connectivity index (χ0) is 14.5. The highest BCUT2D eigenvalue weighted by Crippen LogP contribution is 2.23. The van der Waals surface area contributed by atoms with E-state index in [1.807, 2.05) is 4.90 Å². The van der Waals surface area contributed by atoms with Gasteiger partial charge in [0, 0.05) is 13.1 Å². The molecule has 0 aliphatic heterocycles. The molecule has 0 bridgehead atoms. The number of aromatic nitrogens is 1. The Hall–Kier alpha value is -2.08. The number of aliphatic hydroxyl groups is 1. The van der Waals surface area contributed by atoms with Crippen molar-refractivity contribution in [1.82, 2.24) is 4.98 Å². The maximum Gasteiger partial charge on any atom is 0.335 e. The minimum Gasteiger partial charge on any atom is -0.478 e. The van der Waals surface area contributed by atoms with Crippen LogP contribution in [0.2, 0.25) is 0 Å². The summed E-state index contributed by atoms with van der Waals surface area (Å²) in [7, 11) is 0. The summed E-state index contributed by atoms with van der Waals surface area (Å²) in [5.41, 5.74) is 1.23. The fourth-order valence-corrected chi connectivity index (χ4v) is 1.95. The van der Waals surface area contributed by atoms with Gasteiger partial charge in [-0.2, -0.15) is 4.98 Å². The number of oxazole rings is 1. The van der Waals surface area contributed by atoms with Crippen molar-refractivity contribution in [2.75, 3.05) is 24.6 Å². The molecule has 0 saturated carbocycles. The van der Waals surface area contributed by atoms with E-state index in [4.69, 9.17) is 14.6 Å². The molecule has 0 saturated heterocycles. The molecule has 6 heteroatoms. The number of carboxylic acids is 1. The van der Waals surface area contributed by atoms with Gasteiger partial charge in [-0.1, -0.05) is 13.3 Å². The number of aromatic carboxylic acids is 1. The molecular weight excluding hydrogens is 260 g/mol. The van der Waals surface area contributed by atoms with Gasteiger partial charge in [0.1, 0.15) is 5.52 Å². The lowest BCUT2D eigenvalue weighted by Gasteiger charge is -2.18. The summed E-state index contributed by atoms with van der Waals surface area (Å²) in [5.74, 6) is -0.997. The van der Waals surface area contributed by atoms with Crippen LogP contribution in [0.1, 0.15) is 30.1 Å². The smallest absolute Gasteiger partial charge is 0.335 e. The number of carbonyl (C=O) groups is 1. The van der Waals surface area contributed by atoms with E-state index in [9.17, 15) is 4.79 Å². The molecule has 1 aromatic heterocycles. The number of rotatable bonds is 7. The molecule has 0 fully saturated rings. The van der Waals surface area contributed by atoms with Crippen molar-refractivity contribution in [3.63, 3.8) is 0 Å². The average molecular weight is 278 g/mol. The first-order chi connectivity index (χ1) is 9.65. The number of nitrogens with zero attached hydrogens (tertiary/aromatic N) is 2. The Morgan fingerprint density at radius 2 is 2.20 bits per heavy atom. The van der Waals surface area contributed by atoms with E-state index in [0.717, 1.165) is 19.4 Å². The van der Waals surface area contributed by atoms with Gasteiger partial charge in [-0.05, 0) is 24.6 Å². The number of benzene rings is 1. The largest absolute Gasteiger partial charge is 0.478 e. The maximum atomic E-state index is 10.9. The second-order valence-corrected chi connectivity index (χ2v) is 4.55. The van der Waals surface area contributed by atoms with E-state index in [-0.39, 0.29) is 12.2 Å². The van der Waals surface area contributed by atoms with Crippen LogP contribution in [0.25, 0.3) is 11.1 Å². The molecule has 0 amide bonds. The second kappa shape index (κ2) is 6.38. The fraction of sp³-hybridized carbons (Fsp3) is 0.429. The van der Waals surface area contributed by atoms with Gasteiger partial charge < -0.3 is 19.5 Å². The lowest BCUT2D eigenvalue weighted by atomic mass is 10.2. The average Bonchev–Trinajstić information content (AvgIpc) is 2.85. The monoisotopic (exact) mass is 278 g/mol. The topological polar surface area (TPSA) is 86.8 Å². The molecule has 1 aromatic carbocycles. The quantitative estimate of drug-likeness (QED) is 0.806. The predicted molar refractivity (Wildman–Crippen MR) is 75.2 cm³/mol. The first-order valence-corrected chi connectivity index (χ1v) is 6.65. The van der Waals surface area contributed by atoms with Crippen molar-refractivity contribution in [2.24, 2.45) is 0 Å². The summed E-state index contributed by atoms with van der Waals surface area (Å²) < 4.78 is 5.61. The number of anilines is 1. The normalized spacial score (nSPS) is 10.9. The third-order valence-electron chi connectivity index (χ3n) is 3.05. The molecule has 0 aliphatic carbocycles. The summed E-state index contributed by atoms with van der Waals surface area (Å²) >= 11 is 0. The Morgan fingerprint density at radius 3 is 2.85 bits per heavy atom. The van der Waals surface area contributed by atoms with Crippen molar-refractivity contribution in [1.29, 1.82) is 0 Å². The van der Waals surface area contributed by atoms with Gasteiger partial charge in [0.2, 0.25) is 0 Å². The van der Waals surface area contributed by atoms with Gasteiger partial charge in [0.05, 0.1) is 12.2 Å². The Kier molecular flexibility index (Phi) is 4.57. The van der Waals surface area contributed by atoms with Crippen LogP contribution >= 0.6 is 0 Å². The van der Waals surface area contributed by atoms with Crippen LogP contribution in [0.5, 0.6) is 0 Å². The van der Waals surface area contributed by atoms with Crippen molar-refractivity contribution < 1.29 is 19.4 Å². The minimum absolute atomic E-state index is 0.0167. The van der Waals surface area contributed by atoms with Crippen molar-refractivity contribution in [3.8, 4) is 0 Å². The molecule has 0 aliphatic rings. The van der Waals surface area contributed by atoms with E-state index in [0.29, 0.717) is 23.7 Å². The summed E-state index contributed by atoms with van der Waals surface area (Å²) in [5, 5.41) is 18.1. The molecule has 0 spiro atoms. The van der Waals surface area contributed by atoms with E-state index in [2.05, 4.69) is 11.9 Å². The molecule has 6 nitrogen and oxygen atoms in total. The van der Waals surface area contributed by atoms with Crippen LogP contribution in [0.4, 0.5) is 6.01 Å². The van der Waals surface area contributed by atoms with Gasteiger partial charge in [0.15, 0.2) is 5.58 Å². The Labute approximate surface area is 116 Å². The SMILES string of the molecule is CCCCN(CCO)c1nc2ccc(C(=O)O)cc2o1. The van der Waals surface area contributed by atoms with Crippen molar-refractivity contribution >= 4 is 23.1 Å². The molecule has 1 heterocycles. The molecule has 0 unspecified atom stereocenters. The van der Waals surface area contributed by atoms with Gasteiger partial charge in [-0.25, -0.2) is 4.79 Å². The third-order valence-corrected chi connectivity index (χ3v) is 3.05. The summed E-state index contributed by atoms with van der Waals surface area (Å²) in [6.07, 6.45) is 2.00. The highest BCUT2D eigenvalue weighted by Gasteiger charge is 2.14. The predicted octanol–water partition coefficient (Wildman–Crippen LogP) is 2.12. The first kappa shape index (κ1) is 14.3. The van der Waals surface area contributed by atoms with E-state index >= 15 is 0 Å². The number of hydrogen-bond acceptors (Lipinski definition) is 5. The van der Waals surface area contributed by atoms with E-state index in [1.54, 1.807) is 6.07 Å². The summed E-state index contributed by atoms with van der Waals surface area (Å²) in [6.45, 7) is 3.29. The first-order valence-electron chi connectivity index (χ1n) is 6.65. The van der Waals surface area contributed by atoms with Gasteiger partial charge >= 0.3 is 5.97 Å². The lowest BCUT2D eigenvalue weighted by Crippen LogP contribution is -2.27. The van der Waals surface area contributed by atoms with Crippen LogP contribution < -0.4 is 4.90 Å². The van der Waals surface area contributed by atoms with Gasteiger partial charge in [-0.15, -0.1) is 0 Å². The minimum atomic E-state index is -0.997. The number of fused-ring (bicyclic) bond motifs is 1. The van der Waals surface area contributed by atoms with Crippen LogP contribution in [0.3, 0.4) is 0 Å². The van der Waals surface area contributed by atoms with Crippen LogP contribution in [0.15, 0.2) is 22.6 Å². The highest BCUT2D eigenvalue weighted by molar-refractivity contribution is 5.92. The molecule has 0 radical (unpaired) electrons. The molecule has 108 valence electrons. The zero-order valence-corrected chi connectivity index (χ0v) is 11.4. The second-order valence-electron chi connectivity index (χ2n) is 4.55. The number of hydrogen-bond donors (Lipinski definition) is 2. The van der Waals surface area contributed by atoms with Gasteiger partial charge in [-0.3, -0.25) is 0 Å². The van der Waals surface area contributed by atoms with Gasteiger partial charge in [0.25, 0.3) is 6.01 Å². The lowest BCUT2D eigenvalue weighted by molar-refractivity contribution is 0.0697. The molecule has 0 atom stereocenters. The highest BCUT2D eigenvalue weighted by atomic mass is 16.4. The summed E-state index contributed by atoms with van der Waals surface area (Å²) in [4.78, 5) is 17.1. The third kappa shape index (κ3) is 3.08. The van der Waals surface area contributed by atoms with Crippen LogP contribution in [-0.2, 0) is 0 Å². The van der Waals surface area contributed by atoms with Crippen molar-refractivity contribution in [2.45, 2.75) is 19.8 Å². The zero-order valence-electron chi connectivity index (χ0n) is 11.4. The van der Waals surface area contributed by atoms with Crippen LogP contribution in [-0.4, -0.2) is 40.9 Å². The van der Waals surface area contributed by atoms with Crippen LogP contribution in [0, 0.1) is 0 Å².